The molecule has 2 amide bonds. The van der Waals surface area contributed by atoms with Crippen molar-refractivity contribution < 1.29 is 14.3 Å². The molecule has 0 aliphatic rings. The number of methoxy groups -OCH3 is 1. The van der Waals surface area contributed by atoms with Gasteiger partial charge in [0.1, 0.15) is 6.10 Å². The molecule has 1 atom stereocenters. The van der Waals surface area contributed by atoms with E-state index in [9.17, 15) is 9.59 Å². The van der Waals surface area contributed by atoms with Gasteiger partial charge in [-0.15, -0.1) is 0 Å². The van der Waals surface area contributed by atoms with E-state index in [0.717, 1.165) is 19.3 Å². The van der Waals surface area contributed by atoms with Gasteiger partial charge >= 0.3 is 0 Å². The summed E-state index contributed by atoms with van der Waals surface area (Å²) in [5.74, 6) is -0.669. The Morgan fingerprint density at radius 3 is 2.40 bits per heavy atom. The molecule has 0 heterocycles. The molecule has 88 valence electrons. The van der Waals surface area contributed by atoms with Crippen molar-refractivity contribution in [2.45, 2.75) is 52.1 Å². The van der Waals surface area contributed by atoms with E-state index in [4.69, 9.17) is 4.74 Å². The SMILES string of the molecule is CCCCCCC(OC)C(=O)NC(C)=O. The first-order valence-electron chi connectivity index (χ1n) is 5.46. The normalized spacial score (nSPS) is 12.2. The third-order valence-electron chi connectivity index (χ3n) is 2.20. The number of unbranched alkanes of at least 4 members (excludes halogenated alkanes) is 3. The molecule has 0 fully saturated rings. The van der Waals surface area contributed by atoms with Crippen molar-refractivity contribution in [2.75, 3.05) is 7.11 Å². The minimum atomic E-state index is -0.495. The van der Waals surface area contributed by atoms with Crippen LogP contribution in [0.3, 0.4) is 0 Å². The molecular weight excluding hydrogens is 194 g/mol. The van der Waals surface area contributed by atoms with Gasteiger partial charge in [0.2, 0.25) is 5.91 Å². The van der Waals surface area contributed by atoms with E-state index in [-0.39, 0.29) is 11.8 Å². The summed E-state index contributed by atoms with van der Waals surface area (Å²) >= 11 is 0. The van der Waals surface area contributed by atoms with Crippen LogP contribution in [0.4, 0.5) is 0 Å². The zero-order valence-electron chi connectivity index (χ0n) is 9.84. The van der Waals surface area contributed by atoms with E-state index in [1.165, 1.54) is 20.5 Å². The van der Waals surface area contributed by atoms with Gasteiger partial charge in [-0.2, -0.15) is 0 Å². The van der Waals surface area contributed by atoms with Gasteiger partial charge in [-0.1, -0.05) is 32.6 Å². The molecule has 0 saturated heterocycles. The number of amides is 2. The molecule has 4 heteroatoms. The van der Waals surface area contributed by atoms with Crippen molar-refractivity contribution in [3.63, 3.8) is 0 Å². The fourth-order valence-electron chi connectivity index (χ4n) is 1.37. The van der Waals surface area contributed by atoms with E-state index >= 15 is 0 Å². The first-order valence-corrected chi connectivity index (χ1v) is 5.46. The average Bonchev–Trinajstić information content (AvgIpc) is 2.16. The molecule has 0 bridgehead atoms. The minimum absolute atomic E-state index is 0.332. The number of hydrogen-bond acceptors (Lipinski definition) is 3. The number of rotatable bonds is 7. The van der Waals surface area contributed by atoms with E-state index in [1.54, 1.807) is 0 Å². The number of nitrogens with one attached hydrogen (secondary N) is 1. The first kappa shape index (κ1) is 14.1. The lowest BCUT2D eigenvalue weighted by molar-refractivity contribution is -0.136. The van der Waals surface area contributed by atoms with E-state index in [1.807, 2.05) is 0 Å². The van der Waals surface area contributed by atoms with Crippen LogP contribution < -0.4 is 5.32 Å². The van der Waals surface area contributed by atoms with Gasteiger partial charge in [-0.25, -0.2) is 0 Å². The molecule has 0 rings (SSSR count). The van der Waals surface area contributed by atoms with Gasteiger partial charge in [0.25, 0.3) is 5.91 Å². The Balaban J connectivity index is 3.80. The molecule has 0 aromatic rings. The van der Waals surface area contributed by atoms with Crippen molar-refractivity contribution in [1.29, 1.82) is 0 Å². The topological polar surface area (TPSA) is 55.4 Å². The predicted octanol–water partition coefficient (Wildman–Crippen LogP) is 1.63. The second-order valence-electron chi connectivity index (χ2n) is 3.62. The highest BCUT2D eigenvalue weighted by molar-refractivity contribution is 5.96. The van der Waals surface area contributed by atoms with Gasteiger partial charge in [-0.05, 0) is 6.42 Å². The quantitative estimate of drug-likeness (QED) is 0.657. The summed E-state index contributed by atoms with van der Waals surface area (Å²) in [7, 11) is 1.49. The van der Waals surface area contributed by atoms with Crippen LogP contribution in [-0.4, -0.2) is 25.0 Å². The molecule has 4 nitrogen and oxygen atoms in total. The van der Waals surface area contributed by atoms with Crippen LogP contribution in [0.2, 0.25) is 0 Å². The van der Waals surface area contributed by atoms with E-state index in [0.29, 0.717) is 6.42 Å². The zero-order chi connectivity index (χ0) is 11.7. The number of carbonyl (C=O) groups is 2. The summed E-state index contributed by atoms with van der Waals surface area (Å²) in [4.78, 5) is 22.1. The maximum atomic E-state index is 11.4. The van der Waals surface area contributed by atoms with Gasteiger partial charge in [-0.3, -0.25) is 14.9 Å². The summed E-state index contributed by atoms with van der Waals surface area (Å²) in [6, 6.07) is 0. The Morgan fingerprint density at radius 2 is 1.93 bits per heavy atom. The van der Waals surface area contributed by atoms with Crippen molar-refractivity contribution >= 4 is 11.8 Å². The molecule has 1 unspecified atom stereocenters. The number of ether oxygens (including phenoxy) is 1. The highest BCUT2D eigenvalue weighted by atomic mass is 16.5. The maximum absolute atomic E-state index is 11.4. The Hall–Kier alpha value is -0.900. The van der Waals surface area contributed by atoms with E-state index < -0.39 is 6.10 Å². The standard InChI is InChI=1S/C11H21NO3/c1-4-5-6-7-8-10(15-3)11(14)12-9(2)13/h10H,4-8H2,1-3H3,(H,12,13,14). The fourth-order valence-corrected chi connectivity index (χ4v) is 1.37. The second kappa shape index (κ2) is 8.41. The molecule has 15 heavy (non-hydrogen) atoms. The fraction of sp³-hybridized carbons (Fsp3) is 0.818. The van der Waals surface area contributed by atoms with Crippen molar-refractivity contribution in [1.82, 2.24) is 5.32 Å². The van der Waals surface area contributed by atoms with Gasteiger partial charge in [0.15, 0.2) is 0 Å². The average molecular weight is 215 g/mol. The Kier molecular flexibility index (Phi) is 7.91. The lowest BCUT2D eigenvalue weighted by Gasteiger charge is -2.13. The highest BCUT2D eigenvalue weighted by Gasteiger charge is 2.17. The van der Waals surface area contributed by atoms with Crippen molar-refractivity contribution in [2.24, 2.45) is 0 Å². The summed E-state index contributed by atoms with van der Waals surface area (Å²) < 4.78 is 5.03. The van der Waals surface area contributed by atoms with E-state index in [2.05, 4.69) is 12.2 Å². The molecule has 0 aromatic carbocycles. The Morgan fingerprint density at radius 1 is 1.27 bits per heavy atom. The van der Waals surface area contributed by atoms with Crippen LogP contribution in [0.25, 0.3) is 0 Å². The lowest BCUT2D eigenvalue weighted by Crippen LogP contribution is -2.38. The summed E-state index contributed by atoms with van der Waals surface area (Å²) in [5.41, 5.74) is 0. The summed E-state index contributed by atoms with van der Waals surface area (Å²) in [6.07, 6.45) is 4.57. The lowest BCUT2D eigenvalue weighted by atomic mass is 10.1. The van der Waals surface area contributed by atoms with Crippen LogP contribution in [0.1, 0.15) is 46.0 Å². The molecule has 1 N–H and O–H groups in total. The maximum Gasteiger partial charge on any atom is 0.255 e. The summed E-state index contributed by atoms with van der Waals surface area (Å²) in [5, 5.41) is 2.23. The molecule has 0 spiro atoms. The monoisotopic (exact) mass is 215 g/mol. The van der Waals surface area contributed by atoms with Crippen molar-refractivity contribution in [3.05, 3.63) is 0 Å². The number of carbonyl (C=O) groups excluding carboxylic acids is 2. The number of imide groups is 1. The molecule has 0 saturated carbocycles. The van der Waals surface area contributed by atoms with Gasteiger partial charge < -0.3 is 4.74 Å². The van der Waals surface area contributed by atoms with Crippen LogP contribution in [-0.2, 0) is 14.3 Å². The predicted molar refractivity (Wildman–Crippen MR) is 58.4 cm³/mol. The minimum Gasteiger partial charge on any atom is -0.372 e. The highest BCUT2D eigenvalue weighted by Crippen LogP contribution is 2.07. The van der Waals surface area contributed by atoms with Crippen LogP contribution in [0.5, 0.6) is 0 Å². The van der Waals surface area contributed by atoms with Gasteiger partial charge in [0.05, 0.1) is 0 Å². The first-order chi connectivity index (χ1) is 7.11. The molecule has 0 aliphatic heterocycles. The Bertz CT molecular complexity index is 204. The van der Waals surface area contributed by atoms with Crippen LogP contribution in [0.15, 0.2) is 0 Å². The van der Waals surface area contributed by atoms with Crippen LogP contribution >= 0.6 is 0 Å². The Labute approximate surface area is 91.4 Å². The molecule has 0 aromatic heterocycles. The molecule has 0 aliphatic carbocycles. The second-order valence-corrected chi connectivity index (χ2v) is 3.62. The third-order valence-corrected chi connectivity index (χ3v) is 2.20. The number of hydrogen-bond donors (Lipinski definition) is 1. The van der Waals surface area contributed by atoms with Crippen molar-refractivity contribution in [3.8, 4) is 0 Å². The zero-order valence-corrected chi connectivity index (χ0v) is 9.84. The molecular formula is C11H21NO3. The third kappa shape index (κ3) is 7.08. The van der Waals surface area contributed by atoms with Gasteiger partial charge in [0, 0.05) is 14.0 Å². The summed E-state index contributed by atoms with van der Waals surface area (Å²) in [6.45, 7) is 3.46. The molecule has 0 radical (unpaired) electrons. The van der Waals surface area contributed by atoms with Crippen LogP contribution in [0, 0.1) is 0 Å². The largest absolute Gasteiger partial charge is 0.372 e. The smallest absolute Gasteiger partial charge is 0.255 e.